The van der Waals surface area contributed by atoms with Gasteiger partial charge in [0.2, 0.25) is 0 Å². The van der Waals surface area contributed by atoms with Gasteiger partial charge in [0.15, 0.2) is 4.34 Å². The minimum absolute atomic E-state index is 0.0399. The predicted octanol–water partition coefficient (Wildman–Crippen LogP) is 4.76. The summed E-state index contributed by atoms with van der Waals surface area (Å²) in [7, 11) is 0. The third kappa shape index (κ3) is 4.27. The summed E-state index contributed by atoms with van der Waals surface area (Å²) in [6.45, 7) is 9.93. The summed E-state index contributed by atoms with van der Waals surface area (Å²) in [6, 6.07) is 8.07. The van der Waals surface area contributed by atoms with E-state index in [0.717, 1.165) is 15.6 Å². The van der Waals surface area contributed by atoms with Gasteiger partial charge in [0, 0.05) is 5.75 Å². The van der Waals surface area contributed by atoms with Gasteiger partial charge in [-0.15, -0.1) is 11.3 Å². The van der Waals surface area contributed by atoms with Crippen LogP contribution in [0.5, 0.6) is 0 Å². The molecule has 1 aromatic carbocycles. The molecule has 1 aromatic heterocycles. The molecule has 136 valence electrons. The van der Waals surface area contributed by atoms with Gasteiger partial charge in [0.25, 0.3) is 0 Å². The number of benzene rings is 1. The number of fused-ring (bicyclic) bond motifs is 1. The van der Waals surface area contributed by atoms with Crippen LogP contribution in [-0.4, -0.2) is 45.7 Å². The first-order chi connectivity index (χ1) is 11.7. The SMILES string of the molecule is CC(C)(C)OC(=O)N1C(CSc2nc3ccccc3s2)COC1(C)C. The number of aromatic nitrogens is 1. The average molecular weight is 381 g/mol. The first-order valence-corrected chi connectivity index (χ1v) is 10.1. The Balaban J connectivity index is 1.70. The summed E-state index contributed by atoms with van der Waals surface area (Å²) >= 11 is 3.34. The molecule has 0 bridgehead atoms. The minimum Gasteiger partial charge on any atom is -0.444 e. The smallest absolute Gasteiger partial charge is 0.412 e. The van der Waals surface area contributed by atoms with E-state index in [1.54, 1.807) is 28.0 Å². The van der Waals surface area contributed by atoms with E-state index in [9.17, 15) is 4.79 Å². The molecule has 0 aliphatic carbocycles. The Labute approximate surface area is 156 Å². The lowest BCUT2D eigenvalue weighted by Crippen LogP contribution is -2.50. The van der Waals surface area contributed by atoms with Gasteiger partial charge in [-0.25, -0.2) is 9.78 Å². The molecule has 5 nitrogen and oxygen atoms in total. The molecule has 1 amide bonds. The predicted molar refractivity (Wildman–Crippen MR) is 102 cm³/mol. The fraction of sp³-hybridized carbons (Fsp3) is 0.556. The van der Waals surface area contributed by atoms with Crippen LogP contribution in [0.2, 0.25) is 0 Å². The minimum atomic E-state index is -0.666. The van der Waals surface area contributed by atoms with E-state index in [0.29, 0.717) is 6.61 Å². The van der Waals surface area contributed by atoms with Crippen molar-refractivity contribution in [3.05, 3.63) is 24.3 Å². The van der Waals surface area contributed by atoms with Crippen molar-refractivity contribution < 1.29 is 14.3 Å². The van der Waals surface area contributed by atoms with Crippen molar-refractivity contribution in [2.24, 2.45) is 0 Å². The fourth-order valence-electron chi connectivity index (χ4n) is 2.77. The first kappa shape index (κ1) is 18.5. The largest absolute Gasteiger partial charge is 0.444 e. The zero-order valence-electron chi connectivity index (χ0n) is 15.2. The van der Waals surface area contributed by atoms with Gasteiger partial charge < -0.3 is 9.47 Å². The standard InChI is InChI=1S/C18H24N2O3S2/c1-17(2,3)23-16(21)20-12(10-22-18(20,4)5)11-24-15-19-13-8-6-7-9-14(13)25-15/h6-9,12H,10-11H2,1-5H3. The highest BCUT2D eigenvalue weighted by atomic mass is 32.2. The lowest BCUT2D eigenvalue weighted by Gasteiger charge is -2.34. The van der Waals surface area contributed by atoms with Crippen LogP contribution in [0.15, 0.2) is 28.6 Å². The van der Waals surface area contributed by atoms with E-state index in [1.165, 1.54) is 4.70 Å². The van der Waals surface area contributed by atoms with Crippen LogP contribution >= 0.6 is 23.1 Å². The molecular formula is C18H24N2O3S2. The molecule has 2 heterocycles. The van der Waals surface area contributed by atoms with E-state index in [-0.39, 0.29) is 12.1 Å². The molecule has 1 unspecified atom stereocenters. The van der Waals surface area contributed by atoms with Crippen molar-refractivity contribution in [2.75, 3.05) is 12.4 Å². The summed E-state index contributed by atoms with van der Waals surface area (Å²) < 4.78 is 13.6. The molecule has 0 radical (unpaired) electrons. The summed E-state index contributed by atoms with van der Waals surface area (Å²) in [5, 5.41) is 0. The van der Waals surface area contributed by atoms with E-state index >= 15 is 0 Å². The van der Waals surface area contributed by atoms with E-state index < -0.39 is 11.3 Å². The topological polar surface area (TPSA) is 51.7 Å². The van der Waals surface area contributed by atoms with Crippen LogP contribution in [0.25, 0.3) is 10.2 Å². The molecule has 0 N–H and O–H groups in total. The summed E-state index contributed by atoms with van der Waals surface area (Å²) in [5.41, 5.74) is -0.177. The van der Waals surface area contributed by atoms with Crippen LogP contribution in [0.1, 0.15) is 34.6 Å². The maximum atomic E-state index is 12.6. The zero-order chi connectivity index (χ0) is 18.2. The first-order valence-electron chi connectivity index (χ1n) is 8.30. The number of para-hydroxylation sites is 1. The van der Waals surface area contributed by atoms with Gasteiger partial charge >= 0.3 is 6.09 Å². The number of amides is 1. The van der Waals surface area contributed by atoms with Crippen molar-refractivity contribution in [3.8, 4) is 0 Å². The van der Waals surface area contributed by atoms with Gasteiger partial charge in [-0.2, -0.15) is 0 Å². The normalized spacial score (nSPS) is 20.2. The quantitative estimate of drug-likeness (QED) is 0.719. The molecular weight excluding hydrogens is 356 g/mol. The van der Waals surface area contributed by atoms with Crippen molar-refractivity contribution in [1.82, 2.24) is 9.88 Å². The Morgan fingerprint density at radius 3 is 2.84 bits per heavy atom. The lowest BCUT2D eigenvalue weighted by molar-refractivity contribution is -0.0617. The van der Waals surface area contributed by atoms with Crippen LogP contribution in [0, 0.1) is 0 Å². The molecule has 3 rings (SSSR count). The summed E-state index contributed by atoms with van der Waals surface area (Å²) in [4.78, 5) is 19.0. The molecule has 1 fully saturated rings. The van der Waals surface area contributed by atoms with Crippen molar-refractivity contribution >= 4 is 39.4 Å². The number of thiazole rings is 1. The number of carbonyl (C=O) groups is 1. The molecule has 0 saturated carbocycles. The second kappa shape index (κ2) is 6.78. The van der Waals surface area contributed by atoms with E-state index in [1.807, 2.05) is 52.8 Å². The van der Waals surface area contributed by atoms with Gasteiger partial charge in [0.1, 0.15) is 11.3 Å². The highest BCUT2D eigenvalue weighted by molar-refractivity contribution is 8.01. The Bertz CT molecular complexity index is 734. The van der Waals surface area contributed by atoms with Crippen molar-refractivity contribution in [2.45, 2.75) is 56.3 Å². The van der Waals surface area contributed by atoms with Gasteiger partial charge in [-0.05, 0) is 46.8 Å². The van der Waals surface area contributed by atoms with Crippen LogP contribution in [-0.2, 0) is 9.47 Å². The molecule has 1 saturated heterocycles. The van der Waals surface area contributed by atoms with Crippen LogP contribution in [0.3, 0.4) is 0 Å². The van der Waals surface area contributed by atoms with Gasteiger partial charge in [0.05, 0.1) is 22.9 Å². The van der Waals surface area contributed by atoms with Crippen molar-refractivity contribution in [1.29, 1.82) is 0 Å². The van der Waals surface area contributed by atoms with Gasteiger partial charge in [-0.3, -0.25) is 4.90 Å². The third-order valence-corrected chi connectivity index (χ3v) is 6.16. The van der Waals surface area contributed by atoms with E-state index in [4.69, 9.17) is 9.47 Å². The lowest BCUT2D eigenvalue weighted by atomic mass is 10.2. The molecule has 1 atom stereocenters. The Morgan fingerprint density at radius 1 is 1.44 bits per heavy atom. The second-order valence-electron chi connectivity index (χ2n) is 7.52. The molecule has 25 heavy (non-hydrogen) atoms. The van der Waals surface area contributed by atoms with Crippen LogP contribution < -0.4 is 0 Å². The maximum Gasteiger partial charge on any atom is 0.412 e. The molecule has 1 aliphatic rings. The maximum absolute atomic E-state index is 12.6. The average Bonchev–Trinajstić information content (AvgIpc) is 3.03. The fourth-order valence-corrected chi connectivity index (χ4v) is 4.92. The summed E-state index contributed by atoms with van der Waals surface area (Å²) in [6.07, 6.45) is -0.329. The molecule has 0 spiro atoms. The summed E-state index contributed by atoms with van der Waals surface area (Å²) in [5.74, 6) is 0.725. The Hall–Kier alpha value is -1.31. The number of hydrogen-bond acceptors (Lipinski definition) is 6. The Morgan fingerprint density at radius 2 is 2.16 bits per heavy atom. The van der Waals surface area contributed by atoms with Crippen LogP contribution in [0.4, 0.5) is 4.79 Å². The van der Waals surface area contributed by atoms with Crippen molar-refractivity contribution in [3.63, 3.8) is 0 Å². The Kier molecular flexibility index (Phi) is 5.01. The number of nitrogens with zero attached hydrogens (tertiary/aromatic N) is 2. The zero-order valence-corrected chi connectivity index (χ0v) is 16.9. The molecule has 2 aromatic rings. The number of thioether (sulfide) groups is 1. The monoisotopic (exact) mass is 380 g/mol. The third-order valence-electron chi connectivity index (χ3n) is 3.84. The highest BCUT2D eigenvalue weighted by Crippen LogP contribution is 2.35. The number of rotatable bonds is 3. The van der Waals surface area contributed by atoms with E-state index in [2.05, 4.69) is 11.1 Å². The number of hydrogen-bond donors (Lipinski definition) is 0. The van der Waals surface area contributed by atoms with Gasteiger partial charge in [-0.1, -0.05) is 23.9 Å². The molecule has 7 heteroatoms. The number of carbonyl (C=O) groups excluding carboxylic acids is 1. The molecule has 1 aliphatic heterocycles. The second-order valence-corrected chi connectivity index (χ2v) is 9.82. The number of ether oxygens (including phenoxy) is 2. The highest BCUT2D eigenvalue weighted by Gasteiger charge is 2.45.